The Kier molecular flexibility index (Phi) is 8.18. The van der Waals surface area contributed by atoms with Gasteiger partial charge in [-0.3, -0.25) is 10.2 Å². The first-order valence-corrected chi connectivity index (χ1v) is 7.53. The average molecular weight is 377 g/mol. The molecular weight excluding hydrogens is 356 g/mol. The minimum Gasteiger partial charge on any atom is -0.493 e. The number of halogens is 1. The lowest BCUT2D eigenvalue weighted by molar-refractivity contribution is 0.104. The number of hydrogen-bond donors (Lipinski definition) is 2. The largest absolute Gasteiger partial charge is 0.493 e. The van der Waals surface area contributed by atoms with Gasteiger partial charge in [-0.15, -0.1) is 12.4 Å². The topological polar surface area (TPSA) is 94.6 Å². The minimum absolute atomic E-state index is 0. The lowest BCUT2D eigenvalue weighted by Crippen LogP contribution is -2.19. The molecule has 0 radical (unpaired) electrons. The van der Waals surface area contributed by atoms with E-state index in [1.54, 1.807) is 43.5 Å². The third-order valence-electron chi connectivity index (χ3n) is 3.37. The normalized spacial score (nSPS) is 10.1. The van der Waals surface area contributed by atoms with Gasteiger partial charge in [-0.25, -0.2) is 0 Å². The Bertz CT molecular complexity index is 789. The summed E-state index contributed by atoms with van der Waals surface area (Å²) >= 11 is 0. The molecule has 2 aromatic rings. The number of ether oxygens (including phenoxy) is 3. The number of nitrogens with one attached hydrogen (secondary N) is 1. The van der Waals surface area contributed by atoms with Crippen LogP contribution in [0.2, 0.25) is 0 Å². The zero-order chi connectivity index (χ0) is 18.2. The smallest absolute Gasteiger partial charge is 0.185 e. The van der Waals surface area contributed by atoms with E-state index in [1.807, 2.05) is 12.1 Å². The summed E-state index contributed by atoms with van der Waals surface area (Å²) < 4.78 is 15.7. The number of amidine groups is 1. The molecule has 0 fully saturated rings. The van der Waals surface area contributed by atoms with Gasteiger partial charge in [0.15, 0.2) is 17.3 Å². The summed E-state index contributed by atoms with van der Waals surface area (Å²) in [7, 11) is 3.07. The van der Waals surface area contributed by atoms with Crippen LogP contribution in [-0.4, -0.2) is 32.4 Å². The lowest BCUT2D eigenvalue weighted by Gasteiger charge is -2.08. The van der Waals surface area contributed by atoms with Crippen molar-refractivity contribution in [1.29, 1.82) is 5.41 Å². The first-order valence-electron chi connectivity index (χ1n) is 7.53. The zero-order valence-electron chi connectivity index (χ0n) is 14.5. The molecule has 0 amide bonds. The molecule has 6 nitrogen and oxygen atoms in total. The summed E-state index contributed by atoms with van der Waals surface area (Å²) in [6.07, 6.45) is 3.21. The third-order valence-corrected chi connectivity index (χ3v) is 3.37. The second-order valence-corrected chi connectivity index (χ2v) is 5.15. The van der Waals surface area contributed by atoms with Crippen LogP contribution in [0.15, 0.2) is 48.5 Å². The Balaban J connectivity index is 0.00000338. The molecule has 0 bridgehead atoms. The van der Waals surface area contributed by atoms with Gasteiger partial charge in [0.1, 0.15) is 18.2 Å². The Labute approximate surface area is 158 Å². The number of ketones is 1. The molecule has 2 aromatic carbocycles. The van der Waals surface area contributed by atoms with Crippen molar-refractivity contribution < 1.29 is 19.0 Å². The summed E-state index contributed by atoms with van der Waals surface area (Å²) in [5.41, 5.74) is 6.60. The highest BCUT2D eigenvalue weighted by Gasteiger charge is 2.08. The molecule has 0 aliphatic heterocycles. The van der Waals surface area contributed by atoms with Crippen LogP contribution in [0.25, 0.3) is 6.08 Å². The summed E-state index contributed by atoms with van der Waals surface area (Å²) in [6, 6.07) is 12.2. The lowest BCUT2D eigenvalue weighted by atomic mass is 10.1. The molecule has 0 aliphatic carbocycles. The van der Waals surface area contributed by atoms with E-state index >= 15 is 0 Å². The first-order chi connectivity index (χ1) is 12.0. The van der Waals surface area contributed by atoms with E-state index in [1.165, 1.54) is 13.2 Å². The van der Waals surface area contributed by atoms with Crippen LogP contribution in [0.5, 0.6) is 17.2 Å². The average Bonchev–Trinajstić information content (AvgIpc) is 2.64. The van der Waals surface area contributed by atoms with Gasteiger partial charge in [-0.1, -0.05) is 18.2 Å². The predicted octanol–water partition coefficient (Wildman–Crippen LogP) is 3.34. The van der Waals surface area contributed by atoms with Crippen molar-refractivity contribution in [2.24, 2.45) is 5.73 Å². The van der Waals surface area contributed by atoms with E-state index in [9.17, 15) is 4.79 Å². The summed E-state index contributed by atoms with van der Waals surface area (Å²) in [4.78, 5) is 12.3. The molecule has 26 heavy (non-hydrogen) atoms. The van der Waals surface area contributed by atoms with Crippen molar-refractivity contribution >= 4 is 30.1 Å². The van der Waals surface area contributed by atoms with Crippen LogP contribution in [0.3, 0.4) is 0 Å². The molecule has 0 unspecified atom stereocenters. The van der Waals surface area contributed by atoms with Gasteiger partial charge in [0.05, 0.1) is 14.2 Å². The molecule has 7 heteroatoms. The fourth-order valence-corrected chi connectivity index (χ4v) is 2.09. The van der Waals surface area contributed by atoms with E-state index in [4.69, 9.17) is 25.4 Å². The molecular formula is C19H21ClN2O4. The Morgan fingerprint density at radius 1 is 1.08 bits per heavy atom. The van der Waals surface area contributed by atoms with E-state index in [0.717, 1.165) is 5.56 Å². The number of hydrogen-bond acceptors (Lipinski definition) is 5. The third kappa shape index (κ3) is 5.82. The van der Waals surface area contributed by atoms with Gasteiger partial charge in [0.2, 0.25) is 0 Å². The standard InChI is InChI=1S/C19H20N2O4.ClH/c1-23-17-10-6-14(11-18(17)24-2)16(22)9-5-13-3-7-15(8-4-13)25-12-19(20)21;/h3-11H,12H2,1-2H3,(H3,20,21);1H/b9-5+;. The van der Waals surface area contributed by atoms with Crippen LogP contribution in [0.1, 0.15) is 15.9 Å². The molecule has 0 saturated carbocycles. The molecule has 3 N–H and O–H groups in total. The van der Waals surface area contributed by atoms with Crippen molar-refractivity contribution in [2.45, 2.75) is 0 Å². The first kappa shape index (κ1) is 21.1. The summed E-state index contributed by atoms with van der Waals surface area (Å²) in [5, 5.41) is 7.12. The summed E-state index contributed by atoms with van der Waals surface area (Å²) in [6.45, 7) is 0.0486. The SMILES string of the molecule is COc1ccc(C(=O)/C=C/c2ccc(OCC(=N)N)cc2)cc1OC.Cl. The van der Waals surface area contributed by atoms with E-state index < -0.39 is 0 Å². The maximum absolute atomic E-state index is 12.3. The van der Waals surface area contributed by atoms with Crippen molar-refractivity contribution in [1.82, 2.24) is 0 Å². The van der Waals surface area contributed by atoms with Crippen molar-refractivity contribution in [3.8, 4) is 17.2 Å². The highest BCUT2D eigenvalue weighted by atomic mass is 35.5. The fraction of sp³-hybridized carbons (Fsp3) is 0.158. The second kappa shape index (κ2) is 10.1. The van der Waals surface area contributed by atoms with Crippen LogP contribution in [0, 0.1) is 5.41 Å². The summed E-state index contributed by atoms with van der Waals surface area (Å²) in [5.74, 6) is 1.51. The fourth-order valence-electron chi connectivity index (χ4n) is 2.09. The number of nitrogens with two attached hydrogens (primary N) is 1. The van der Waals surface area contributed by atoms with Gasteiger partial charge in [-0.2, -0.15) is 0 Å². The predicted molar refractivity (Wildman–Crippen MR) is 104 cm³/mol. The molecule has 0 aromatic heterocycles. The maximum atomic E-state index is 12.3. The second-order valence-electron chi connectivity index (χ2n) is 5.15. The van der Waals surface area contributed by atoms with Crippen LogP contribution in [0.4, 0.5) is 0 Å². The molecule has 138 valence electrons. The molecule has 0 saturated heterocycles. The minimum atomic E-state index is -0.141. The molecule has 0 atom stereocenters. The van der Waals surface area contributed by atoms with E-state index in [-0.39, 0.29) is 30.6 Å². The Hall–Kier alpha value is -2.99. The Morgan fingerprint density at radius 3 is 2.31 bits per heavy atom. The molecule has 0 spiro atoms. The zero-order valence-corrected chi connectivity index (χ0v) is 15.3. The van der Waals surface area contributed by atoms with Crippen LogP contribution in [-0.2, 0) is 0 Å². The number of carbonyl (C=O) groups is 1. The molecule has 2 rings (SSSR count). The molecule has 0 heterocycles. The van der Waals surface area contributed by atoms with Gasteiger partial charge in [0.25, 0.3) is 0 Å². The van der Waals surface area contributed by atoms with Crippen molar-refractivity contribution in [3.05, 3.63) is 59.7 Å². The molecule has 0 aliphatic rings. The van der Waals surface area contributed by atoms with Crippen molar-refractivity contribution in [3.63, 3.8) is 0 Å². The highest BCUT2D eigenvalue weighted by molar-refractivity contribution is 6.07. The van der Waals surface area contributed by atoms with Gasteiger partial charge >= 0.3 is 0 Å². The quantitative estimate of drug-likeness (QED) is 0.319. The van der Waals surface area contributed by atoms with Gasteiger partial charge < -0.3 is 19.9 Å². The number of allylic oxidation sites excluding steroid dienone is 1. The van der Waals surface area contributed by atoms with Gasteiger partial charge in [0, 0.05) is 5.56 Å². The number of benzene rings is 2. The Morgan fingerprint density at radius 2 is 1.73 bits per heavy atom. The monoisotopic (exact) mass is 376 g/mol. The maximum Gasteiger partial charge on any atom is 0.185 e. The van der Waals surface area contributed by atoms with E-state index in [0.29, 0.717) is 22.8 Å². The number of methoxy groups -OCH3 is 2. The van der Waals surface area contributed by atoms with Crippen LogP contribution >= 0.6 is 12.4 Å². The van der Waals surface area contributed by atoms with Crippen LogP contribution < -0.4 is 19.9 Å². The highest BCUT2D eigenvalue weighted by Crippen LogP contribution is 2.27. The van der Waals surface area contributed by atoms with Crippen molar-refractivity contribution in [2.75, 3.05) is 20.8 Å². The van der Waals surface area contributed by atoms with Gasteiger partial charge in [-0.05, 0) is 42.0 Å². The van der Waals surface area contributed by atoms with E-state index in [2.05, 4.69) is 0 Å². The number of carbonyl (C=O) groups excluding carboxylic acids is 1. The number of rotatable bonds is 8.